The van der Waals surface area contributed by atoms with Crippen LogP contribution in [0.1, 0.15) is 39.5 Å². The number of anilines is 2. The molecule has 2 aromatic rings. The summed E-state index contributed by atoms with van der Waals surface area (Å²) in [7, 11) is 0. The molecule has 1 unspecified atom stereocenters. The SMILES string of the molecule is CC1(C)CCCC(Nc2ccc(N)c3cc(Br)cnc23)C1. The van der Waals surface area contributed by atoms with Crippen LogP contribution in [0.2, 0.25) is 0 Å². The van der Waals surface area contributed by atoms with E-state index in [1.807, 2.05) is 18.3 Å². The summed E-state index contributed by atoms with van der Waals surface area (Å²) in [5, 5.41) is 4.70. The Labute approximate surface area is 134 Å². The zero-order chi connectivity index (χ0) is 15.0. The van der Waals surface area contributed by atoms with Gasteiger partial charge < -0.3 is 11.1 Å². The Bertz CT molecular complexity index is 666. The van der Waals surface area contributed by atoms with Crippen molar-refractivity contribution in [2.75, 3.05) is 11.1 Å². The molecule has 4 heteroatoms. The van der Waals surface area contributed by atoms with Crippen LogP contribution in [-0.4, -0.2) is 11.0 Å². The zero-order valence-electron chi connectivity index (χ0n) is 12.6. The Balaban J connectivity index is 1.92. The second-order valence-electron chi connectivity index (χ2n) is 6.85. The Morgan fingerprint density at radius 2 is 2.19 bits per heavy atom. The van der Waals surface area contributed by atoms with Gasteiger partial charge in [0.2, 0.25) is 0 Å². The van der Waals surface area contributed by atoms with Crippen molar-refractivity contribution >= 4 is 38.2 Å². The number of benzene rings is 1. The number of pyridine rings is 1. The number of halogens is 1. The van der Waals surface area contributed by atoms with Gasteiger partial charge in [-0.1, -0.05) is 20.3 Å². The summed E-state index contributed by atoms with van der Waals surface area (Å²) in [5.74, 6) is 0. The molecule has 0 aliphatic heterocycles. The summed E-state index contributed by atoms with van der Waals surface area (Å²) < 4.78 is 0.956. The molecule has 1 aliphatic carbocycles. The van der Waals surface area contributed by atoms with E-state index in [1.165, 1.54) is 25.7 Å². The highest BCUT2D eigenvalue weighted by molar-refractivity contribution is 9.10. The number of nitrogens with zero attached hydrogens (tertiary/aromatic N) is 1. The molecule has 0 spiro atoms. The summed E-state index contributed by atoms with van der Waals surface area (Å²) in [4.78, 5) is 4.55. The van der Waals surface area contributed by atoms with Gasteiger partial charge >= 0.3 is 0 Å². The maximum atomic E-state index is 6.08. The number of aromatic nitrogens is 1. The second-order valence-corrected chi connectivity index (χ2v) is 7.77. The third kappa shape index (κ3) is 3.15. The third-order valence-corrected chi connectivity index (χ3v) is 4.85. The Hall–Kier alpha value is -1.29. The molecule has 3 N–H and O–H groups in total. The lowest BCUT2D eigenvalue weighted by Crippen LogP contribution is -2.31. The smallest absolute Gasteiger partial charge is 0.0954 e. The van der Waals surface area contributed by atoms with E-state index < -0.39 is 0 Å². The molecule has 1 atom stereocenters. The van der Waals surface area contributed by atoms with E-state index in [-0.39, 0.29) is 0 Å². The fourth-order valence-electron chi connectivity index (χ4n) is 3.37. The van der Waals surface area contributed by atoms with Gasteiger partial charge in [-0.25, -0.2) is 0 Å². The lowest BCUT2D eigenvalue weighted by molar-refractivity contribution is 0.229. The third-order valence-electron chi connectivity index (χ3n) is 4.41. The number of nitrogens with two attached hydrogens (primary N) is 1. The van der Waals surface area contributed by atoms with Crippen LogP contribution in [0.25, 0.3) is 10.9 Å². The highest BCUT2D eigenvalue weighted by atomic mass is 79.9. The summed E-state index contributed by atoms with van der Waals surface area (Å²) in [6.07, 6.45) is 6.87. The lowest BCUT2D eigenvalue weighted by atomic mass is 9.75. The molecule has 1 saturated carbocycles. The molecular weight excluding hydrogens is 326 g/mol. The molecular formula is C17H22BrN3. The maximum Gasteiger partial charge on any atom is 0.0954 e. The lowest BCUT2D eigenvalue weighted by Gasteiger charge is -2.36. The van der Waals surface area contributed by atoms with Crippen molar-refractivity contribution in [3.8, 4) is 0 Å². The average Bonchev–Trinajstić information content (AvgIpc) is 2.41. The summed E-state index contributed by atoms with van der Waals surface area (Å²) >= 11 is 3.47. The van der Waals surface area contributed by atoms with Crippen LogP contribution >= 0.6 is 15.9 Å². The molecule has 0 saturated heterocycles. The Morgan fingerprint density at radius 1 is 1.38 bits per heavy atom. The number of hydrogen-bond donors (Lipinski definition) is 2. The number of rotatable bonds is 2. The quantitative estimate of drug-likeness (QED) is 0.754. The topological polar surface area (TPSA) is 50.9 Å². The van der Waals surface area contributed by atoms with Crippen molar-refractivity contribution in [2.24, 2.45) is 5.41 Å². The summed E-state index contributed by atoms with van der Waals surface area (Å²) in [6.45, 7) is 4.72. The van der Waals surface area contributed by atoms with Crippen molar-refractivity contribution in [1.82, 2.24) is 4.98 Å². The number of nitrogens with one attached hydrogen (secondary N) is 1. The van der Waals surface area contributed by atoms with Gasteiger partial charge in [-0.05, 0) is 58.8 Å². The fraction of sp³-hybridized carbons (Fsp3) is 0.471. The van der Waals surface area contributed by atoms with E-state index in [0.29, 0.717) is 11.5 Å². The van der Waals surface area contributed by atoms with Crippen LogP contribution in [0.4, 0.5) is 11.4 Å². The first-order valence-electron chi connectivity index (χ1n) is 7.55. The first-order valence-corrected chi connectivity index (χ1v) is 8.34. The van der Waals surface area contributed by atoms with Gasteiger partial charge in [0.25, 0.3) is 0 Å². The van der Waals surface area contributed by atoms with E-state index in [9.17, 15) is 0 Å². The standard InChI is InChI=1S/C17H22BrN3/c1-17(2)7-3-4-12(9-17)21-15-6-5-14(19)13-8-11(18)10-20-16(13)15/h5-6,8,10,12,21H,3-4,7,9,19H2,1-2H3. The first-order chi connectivity index (χ1) is 9.94. The fourth-order valence-corrected chi connectivity index (χ4v) is 3.70. The van der Waals surface area contributed by atoms with Crippen LogP contribution in [0, 0.1) is 5.41 Å². The number of hydrogen-bond acceptors (Lipinski definition) is 3. The van der Waals surface area contributed by atoms with E-state index in [1.54, 1.807) is 0 Å². The highest BCUT2D eigenvalue weighted by Gasteiger charge is 2.28. The molecule has 1 aliphatic rings. The van der Waals surface area contributed by atoms with Gasteiger partial charge in [-0.2, -0.15) is 0 Å². The number of fused-ring (bicyclic) bond motifs is 1. The molecule has 1 heterocycles. The Morgan fingerprint density at radius 3 is 2.95 bits per heavy atom. The molecule has 0 amide bonds. The molecule has 0 radical (unpaired) electrons. The first kappa shape index (κ1) is 14.6. The second kappa shape index (κ2) is 5.48. The predicted molar refractivity (Wildman–Crippen MR) is 93.5 cm³/mol. The van der Waals surface area contributed by atoms with E-state index in [0.717, 1.165) is 26.8 Å². The van der Waals surface area contributed by atoms with E-state index in [2.05, 4.69) is 46.1 Å². The van der Waals surface area contributed by atoms with Crippen molar-refractivity contribution in [2.45, 2.75) is 45.6 Å². The van der Waals surface area contributed by atoms with Gasteiger partial charge in [-0.15, -0.1) is 0 Å². The van der Waals surface area contributed by atoms with Gasteiger partial charge in [0.1, 0.15) is 0 Å². The van der Waals surface area contributed by atoms with Crippen molar-refractivity contribution in [3.63, 3.8) is 0 Å². The van der Waals surface area contributed by atoms with Crippen LogP contribution in [-0.2, 0) is 0 Å². The van der Waals surface area contributed by atoms with Crippen molar-refractivity contribution in [3.05, 3.63) is 28.9 Å². The predicted octanol–water partition coefficient (Wildman–Crippen LogP) is 4.96. The molecule has 112 valence electrons. The molecule has 1 fully saturated rings. The molecule has 1 aromatic heterocycles. The maximum absolute atomic E-state index is 6.08. The van der Waals surface area contributed by atoms with E-state index >= 15 is 0 Å². The molecule has 21 heavy (non-hydrogen) atoms. The summed E-state index contributed by atoms with van der Waals surface area (Å²) in [5.41, 5.74) is 9.33. The minimum Gasteiger partial charge on any atom is -0.398 e. The minimum atomic E-state index is 0.427. The van der Waals surface area contributed by atoms with Crippen molar-refractivity contribution in [1.29, 1.82) is 0 Å². The van der Waals surface area contributed by atoms with Crippen molar-refractivity contribution < 1.29 is 0 Å². The van der Waals surface area contributed by atoms with Crippen LogP contribution in [0.3, 0.4) is 0 Å². The van der Waals surface area contributed by atoms with Crippen LogP contribution < -0.4 is 11.1 Å². The number of nitrogen functional groups attached to an aromatic ring is 1. The largest absolute Gasteiger partial charge is 0.398 e. The molecule has 1 aromatic carbocycles. The van der Waals surface area contributed by atoms with Crippen LogP contribution in [0.15, 0.2) is 28.9 Å². The molecule has 3 nitrogen and oxygen atoms in total. The summed E-state index contributed by atoms with van der Waals surface area (Å²) in [6, 6.07) is 6.58. The molecule has 0 bridgehead atoms. The Kier molecular flexibility index (Phi) is 3.82. The minimum absolute atomic E-state index is 0.427. The highest BCUT2D eigenvalue weighted by Crippen LogP contribution is 2.37. The normalized spacial score (nSPS) is 21.4. The van der Waals surface area contributed by atoms with Gasteiger partial charge in [0, 0.05) is 27.8 Å². The molecule has 3 rings (SSSR count). The van der Waals surface area contributed by atoms with E-state index in [4.69, 9.17) is 5.73 Å². The van der Waals surface area contributed by atoms with Crippen LogP contribution in [0.5, 0.6) is 0 Å². The van der Waals surface area contributed by atoms with Gasteiger partial charge in [0.05, 0.1) is 11.2 Å². The monoisotopic (exact) mass is 347 g/mol. The van der Waals surface area contributed by atoms with Gasteiger partial charge in [-0.3, -0.25) is 4.98 Å². The zero-order valence-corrected chi connectivity index (χ0v) is 14.2. The average molecular weight is 348 g/mol. The van der Waals surface area contributed by atoms with Gasteiger partial charge in [0.15, 0.2) is 0 Å².